The molecule has 0 amide bonds. The molecule has 0 spiro atoms. The zero-order chi connectivity index (χ0) is 14.2. The minimum atomic E-state index is -0.754. The smallest absolute Gasteiger partial charge is 0.150 e. The first kappa shape index (κ1) is 12.8. The van der Waals surface area contributed by atoms with Crippen molar-refractivity contribution in [3.63, 3.8) is 0 Å². The maximum absolute atomic E-state index is 11.3. The normalized spacial score (nSPS) is 23.6. The van der Waals surface area contributed by atoms with E-state index in [1.165, 1.54) is 0 Å². The highest BCUT2D eigenvalue weighted by Gasteiger charge is 2.36. The van der Waals surface area contributed by atoms with Crippen molar-refractivity contribution in [2.45, 2.75) is 6.92 Å². The van der Waals surface area contributed by atoms with Crippen LogP contribution in [0, 0.1) is 5.41 Å². The van der Waals surface area contributed by atoms with E-state index >= 15 is 0 Å². The third-order valence-corrected chi connectivity index (χ3v) is 4.17. The molecule has 1 atom stereocenters. The number of aromatic nitrogens is 1. The Balaban J connectivity index is 2.06. The van der Waals surface area contributed by atoms with Gasteiger partial charge in [0.05, 0.1) is 0 Å². The van der Waals surface area contributed by atoms with Crippen molar-refractivity contribution in [2.24, 2.45) is 5.41 Å². The zero-order valence-corrected chi connectivity index (χ0v) is 11.8. The molecular weight excluding hydrogens is 270 g/mol. The Bertz CT molecular complexity index is 757. The van der Waals surface area contributed by atoms with Crippen molar-refractivity contribution in [1.29, 1.82) is 0 Å². The molecule has 0 fully saturated rings. The molecule has 0 saturated heterocycles. The van der Waals surface area contributed by atoms with Crippen LogP contribution < -0.4 is 0 Å². The number of thiophene rings is 1. The number of ether oxygens (including phenoxy) is 1. The number of hydrogen-bond acceptors (Lipinski definition) is 4. The number of hydrogen-bond donors (Lipinski definition) is 0. The van der Waals surface area contributed by atoms with E-state index in [1.54, 1.807) is 29.6 Å². The highest BCUT2D eigenvalue weighted by Crippen LogP contribution is 2.40. The highest BCUT2D eigenvalue weighted by atomic mass is 32.1. The van der Waals surface area contributed by atoms with E-state index in [2.05, 4.69) is 11.6 Å². The topological polar surface area (TPSA) is 39.2 Å². The van der Waals surface area contributed by atoms with Gasteiger partial charge in [0, 0.05) is 16.3 Å². The number of aldehydes is 1. The molecule has 0 N–H and O–H groups in total. The van der Waals surface area contributed by atoms with Crippen LogP contribution in [-0.2, 0) is 9.53 Å². The number of fused-ring (bicyclic) bond motifs is 1. The Morgan fingerprint density at radius 3 is 3.10 bits per heavy atom. The lowest BCUT2D eigenvalue weighted by Gasteiger charge is -2.13. The maximum Gasteiger partial charge on any atom is 0.150 e. The van der Waals surface area contributed by atoms with Crippen LogP contribution in [0.4, 0.5) is 0 Å². The Labute approximate surface area is 120 Å². The van der Waals surface area contributed by atoms with E-state index in [-0.39, 0.29) is 0 Å². The Hall–Kier alpha value is -2.20. The second-order valence-corrected chi connectivity index (χ2v) is 5.75. The van der Waals surface area contributed by atoms with Crippen molar-refractivity contribution in [2.75, 3.05) is 0 Å². The van der Waals surface area contributed by atoms with Gasteiger partial charge in [0.15, 0.2) is 0 Å². The van der Waals surface area contributed by atoms with E-state index < -0.39 is 5.41 Å². The summed E-state index contributed by atoms with van der Waals surface area (Å²) >= 11 is 1.65. The van der Waals surface area contributed by atoms with Crippen LogP contribution in [-0.4, -0.2) is 11.3 Å². The molecule has 4 heteroatoms. The van der Waals surface area contributed by atoms with Gasteiger partial charge in [-0.3, -0.25) is 4.98 Å². The Morgan fingerprint density at radius 1 is 1.50 bits per heavy atom. The van der Waals surface area contributed by atoms with Crippen molar-refractivity contribution >= 4 is 33.5 Å². The fourth-order valence-electron chi connectivity index (χ4n) is 2.13. The van der Waals surface area contributed by atoms with E-state index in [0.717, 1.165) is 22.1 Å². The second-order valence-electron chi connectivity index (χ2n) is 4.81. The monoisotopic (exact) mass is 283 g/mol. The van der Waals surface area contributed by atoms with E-state index in [1.807, 2.05) is 30.6 Å². The average molecular weight is 283 g/mol. The summed E-state index contributed by atoms with van der Waals surface area (Å²) in [5, 5.41) is 3.14. The molecule has 0 radical (unpaired) electrons. The summed E-state index contributed by atoms with van der Waals surface area (Å²) in [7, 11) is 0. The number of allylic oxidation sites excluding steroid dienone is 3. The number of pyridine rings is 1. The van der Waals surface area contributed by atoms with Crippen molar-refractivity contribution in [1.82, 2.24) is 4.98 Å². The van der Waals surface area contributed by atoms with Crippen LogP contribution >= 0.6 is 11.3 Å². The molecule has 1 aliphatic heterocycles. The van der Waals surface area contributed by atoms with Gasteiger partial charge in [0.1, 0.15) is 28.9 Å². The largest absolute Gasteiger partial charge is 0.458 e. The Kier molecular flexibility index (Phi) is 3.03. The molecule has 2 aromatic rings. The summed E-state index contributed by atoms with van der Waals surface area (Å²) in [5.41, 5.74) is -0.0178. The van der Waals surface area contributed by atoms with E-state index in [9.17, 15) is 4.79 Å². The molecule has 2 aromatic heterocycles. The minimum Gasteiger partial charge on any atom is -0.458 e. The van der Waals surface area contributed by atoms with Gasteiger partial charge in [0.25, 0.3) is 0 Å². The van der Waals surface area contributed by atoms with Crippen LogP contribution in [0.15, 0.2) is 54.3 Å². The lowest BCUT2D eigenvalue weighted by molar-refractivity contribution is -0.112. The van der Waals surface area contributed by atoms with Crippen LogP contribution in [0.3, 0.4) is 0 Å². The zero-order valence-electron chi connectivity index (χ0n) is 11.0. The molecule has 3 rings (SSSR count). The predicted octanol–water partition coefficient (Wildman–Crippen LogP) is 3.94. The summed E-state index contributed by atoms with van der Waals surface area (Å²) in [5.74, 6) is 1.19. The maximum atomic E-state index is 11.3. The Morgan fingerprint density at radius 2 is 2.35 bits per heavy atom. The number of carbonyl (C=O) groups excluding carboxylic acids is 1. The molecule has 1 aliphatic rings. The number of rotatable bonds is 3. The van der Waals surface area contributed by atoms with E-state index in [4.69, 9.17) is 4.74 Å². The standard InChI is InChI=1S/C16H13NO2S/c1-3-4-15-16(2,10-18)8-13(19-15)12-7-14-11(9-17-12)5-6-20-14/h3-10H,1H2,2H3/b15-4+. The summed E-state index contributed by atoms with van der Waals surface area (Å²) in [6, 6.07) is 4.01. The SMILES string of the molecule is C=C/C=C1/OC(c2cc3sccc3cn2)=CC1(C)C=O. The first-order valence-electron chi connectivity index (χ1n) is 6.20. The summed E-state index contributed by atoms with van der Waals surface area (Å²) in [6.45, 7) is 5.46. The first-order chi connectivity index (χ1) is 9.66. The van der Waals surface area contributed by atoms with Crippen LogP contribution in [0.1, 0.15) is 12.6 Å². The summed E-state index contributed by atoms with van der Waals surface area (Å²) in [6.07, 6.45) is 7.82. The molecule has 20 heavy (non-hydrogen) atoms. The highest BCUT2D eigenvalue weighted by molar-refractivity contribution is 7.17. The van der Waals surface area contributed by atoms with Crippen LogP contribution in [0.2, 0.25) is 0 Å². The lowest BCUT2D eigenvalue weighted by Crippen LogP contribution is -2.14. The van der Waals surface area contributed by atoms with Gasteiger partial charge in [0.2, 0.25) is 0 Å². The molecule has 0 aliphatic carbocycles. The third-order valence-electron chi connectivity index (χ3n) is 3.29. The quantitative estimate of drug-likeness (QED) is 0.801. The van der Waals surface area contributed by atoms with Crippen molar-refractivity contribution < 1.29 is 9.53 Å². The fraction of sp³-hybridized carbons (Fsp3) is 0.125. The molecule has 1 unspecified atom stereocenters. The molecule has 0 bridgehead atoms. The summed E-state index contributed by atoms with van der Waals surface area (Å²) in [4.78, 5) is 15.7. The molecular formula is C16H13NO2S. The van der Waals surface area contributed by atoms with Crippen molar-refractivity contribution in [3.8, 4) is 0 Å². The van der Waals surface area contributed by atoms with Crippen molar-refractivity contribution in [3.05, 3.63) is 60.0 Å². The molecule has 0 saturated carbocycles. The van der Waals surface area contributed by atoms with Gasteiger partial charge in [-0.15, -0.1) is 11.3 Å². The molecule has 3 heterocycles. The van der Waals surface area contributed by atoms with Gasteiger partial charge >= 0.3 is 0 Å². The predicted molar refractivity (Wildman–Crippen MR) is 81.1 cm³/mol. The number of carbonyl (C=O) groups is 1. The molecule has 0 aromatic carbocycles. The summed E-state index contributed by atoms with van der Waals surface area (Å²) < 4.78 is 6.93. The van der Waals surface area contributed by atoms with E-state index in [0.29, 0.717) is 11.5 Å². The second kappa shape index (κ2) is 4.72. The average Bonchev–Trinajstić information content (AvgIpc) is 3.04. The fourth-order valence-corrected chi connectivity index (χ4v) is 2.93. The molecule has 100 valence electrons. The first-order valence-corrected chi connectivity index (χ1v) is 7.08. The van der Waals surface area contributed by atoms with Gasteiger partial charge in [-0.25, -0.2) is 0 Å². The number of nitrogens with zero attached hydrogens (tertiary/aromatic N) is 1. The minimum absolute atomic E-state index is 0.575. The van der Waals surface area contributed by atoms with Gasteiger partial charge < -0.3 is 9.53 Å². The van der Waals surface area contributed by atoms with Gasteiger partial charge in [-0.1, -0.05) is 12.7 Å². The van der Waals surface area contributed by atoms with Crippen LogP contribution in [0.5, 0.6) is 0 Å². The lowest BCUT2D eigenvalue weighted by atomic mass is 9.90. The van der Waals surface area contributed by atoms with Gasteiger partial charge in [-0.05, 0) is 36.6 Å². The van der Waals surface area contributed by atoms with Crippen LogP contribution in [0.25, 0.3) is 15.8 Å². The molecule has 3 nitrogen and oxygen atoms in total. The third kappa shape index (κ3) is 1.98. The van der Waals surface area contributed by atoms with Gasteiger partial charge in [-0.2, -0.15) is 0 Å².